The van der Waals surface area contributed by atoms with E-state index in [9.17, 15) is 9.00 Å². The molecule has 2 atom stereocenters. The van der Waals surface area contributed by atoms with E-state index >= 15 is 0 Å². The number of benzene rings is 1. The summed E-state index contributed by atoms with van der Waals surface area (Å²) in [6.45, 7) is 5.24. The Labute approximate surface area is 126 Å². The predicted octanol–water partition coefficient (Wildman–Crippen LogP) is 2.57. The number of anilines is 1. The monoisotopic (exact) mass is 306 g/mol. The number of aryl methyl sites for hydroxylation is 2. The van der Waals surface area contributed by atoms with Crippen molar-refractivity contribution in [1.29, 1.82) is 0 Å². The van der Waals surface area contributed by atoms with Crippen molar-refractivity contribution in [3.05, 3.63) is 47.3 Å². The smallest absolute Gasteiger partial charge is 0.239 e. The van der Waals surface area contributed by atoms with Gasteiger partial charge < -0.3 is 9.84 Å². The minimum absolute atomic E-state index is 0.258. The van der Waals surface area contributed by atoms with Crippen molar-refractivity contribution in [2.45, 2.75) is 31.8 Å². The SMILES string of the molecule is Cc1noc(C)c1C[S@@](=O)[C@H](C)C(=O)Nc1ccccc1. The number of amides is 1. The Morgan fingerprint density at radius 2 is 2.00 bits per heavy atom. The fourth-order valence-electron chi connectivity index (χ4n) is 1.86. The van der Waals surface area contributed by atoms with Crippen molar-refractivity contribution < 1.29 is 13.5 Å². The molecule has 5 nitrogen and oxygen atoms in total. The lowest BCUT2D eigenvalue weighted by Gasteiger charge is -2.12. The number of nitrogens with zero attached hydrogens (tertiary/aromatic N) is 1. The zero-order valence-corrected chi connectivity index (χ0v) is 13.1. The van der Waals surface area contributed by atoms with Gasteiger partial charge in [0.2, 0.25) is 5.91 Å². The van der Waals surface area contributed by atoms with Gasteiger partial charge in [0.25, 0.3) is 0 Å². The lowest BCUT2D eigenvalue weighted by atomic mass is 10.2. The zero-order valence-electron chi connectivity index (χ0n) is 12.3. The molecule has 2 aromatic rings. The number of aromatic nitrogens is 1. The van der Waals surface area contributed by atoms with Crippen LogP contribution in [-0.4, -0.2) is 20.5 Å². The summed E-state index contributed by atoms with van der Waals surface area (Å²) in [5.74, 6) is 0.660. The highest BCUT2D eigenvalue weighted by Gasteiger charge is 2.22. The highest BCUT2D eigenvalue weighted by atomic mass is 32.2. The standard InChI is InChI=1S/C15H18N2O3S/c1-10-14(11(2)20-17-10)9-21(19)12(3)15(18)16-13-7-5-4-6-8-13/h4-8,12H,9H2,1-3H3,(H,16,18)/t12-,21-/m1/s1. The number of carbonyl (C=O) groups is 1. The van der Waals surface area contributed by atoms with Crippen molar-refractivity contribution in [3.8, 4) is 0 Å². The molecule has 0 spiro atoms. The van der Waals surface area contributed by atoms with Gasteiger partial charge in [-0.3, -0.25) is 9.00 Å². The second-order valence-electron chi connectivity index (χ2n) is 4.83. The molecule has 1 aromatic carbocycles. The second kappa shape index (κ2) is 6.67. The maximum atomic E-state index is 12.3. The first-order chi connectivity index (χ1) is 9.99. The van der Waals surface area contributed by atoms with Crippen molar-refractivity contribution in [1.82, 2.24) is 5.16 Å². The highest BCUT2D eigenvalue weighted by molar-refractivity contribution is 7.85. The maximum Gasteiger partial charge on any atom is 0.239 e. The summed E-state index contributed by atoms with van der Waals surface area (Å²) in [5, 5.41) is 5.98. The van der Waals surface area contributed by atoms with Gasteiger partial charge in [-0.15, -0.1) is 0 Å². The minimum Gasteiger partial charge on any atom is -0.361 e. The van der Waals surface area contributed by atoms with Crippen LogP contribution in [-0.2, 0) is 21.3 Å². The van der Waals surface area contributed by atoms with Gasteiger partial charge in [-0.25, -0.2) is 0 Å². The quantitative estimate of drug-likeness (QED) is 0.921. The van der Waals surface area contributed by atoms with Crippen LogP contribution < -0.4 is 5.32 Å². The number of nitrogens with one attached hydrogen (secondary N) is 1. The van der Waals surface area contributed by atoms with E-state index in [4.69, 9.17) is 4.52 Å². The van der Waals surface area contributed by atoms with Crippen LogP contribution in [0.3, 0.4) is 0 Å². The molecule has 0 radical (unpaired) electrons. The van der Waals surface area contributed by atoms with Gasteiger partial charge in [-0.05, 0) is 32.9 Å². The Kier molecular flexibility index (Phi) is 4.90. The average molecular weight is 306 g/mol. The lowest BCUT2D eigenvalue weighted by Crippen LogP contribution is -2.29. The van der Waals surface area contributed by atoms with E-state index in [0.29, 0.717) is 11.4 Å². The Morgan fingerprint density at radius 1 is 1.33 bits per heavy atom. The topological polar surface area (TPSA) is 72.2 Å². The summed E-state index contributed by atoms with van der Waals surface area (Å²) in [4.78, 5) is 12.1. The molecule has 0 aliphatic heterocycles. The van der Waals surface area contributed by atoms with Gasteiger partial charge in [0.15, 0.2) is 0 Å². The Bertz CT molecular complexity index is 633. The third-order valence-corrected chi connectivity index (χ3v) is 4.85. The molecule has 0 aliphatic rings. The van der Waals surface area contributed by atoms with Gasteiger partial charge in [-0.2, -0.15) is 0 Å². The first-order valence-electron chi connectivity index (χ1n) is 6.64. The molecule has 2 rings (SSSR count). The van der Waals surface area contributed by atoms with Gasteiger partial charge in [0, 0.05) is 22.1 Å². The summed E-state index contributed by atoms with van der Waals surface area (Å²) < 4.78 is 17.4. The van der Waals surface area contributed by atoms with Gasteiger partial charge in [-0.1, -0.05) is 23.4 Å². The van der Waals surface area contributed by atoms with E-state index in [1.807, 2.05) is 18.2 Å². The number of hydrogen-bond acceptors (Lipinski definition) is 4. The van der Waals surface area contributed by atoms with Gasteiger partial charge >= 0.3 is 0 Å². The fourth-order valence-corrected chi connectivity index (χ4v) is 3.10. The van der Waals surface area contributed by atoms with Crippen LogP contribution in [0.5, 0.6) is 0 Å². The van der Waals surface area contributed by atoms with Crippen molar-refractivity contribution in [2.24, 2.45) is 0 Å². The van der Waals surface area contributed by atoms with Crippen molar-refractivity contribution in [3.63, 3.8) is 0 Å². The van der Waals surface area contributed by atoms with Gasteiger partial charge in [0.1, 0.15) is 11.0 Å². The Morgan fingerprint density at radius 3 is 2.57 bits per heavy atom. The van der Waals surface area contributed by atoms with E-state index in [0.717, 1.165) is 11.3 Å². The molecular weight excluding hydrogens is 288 g/mol. The third-order valence-electron chi connectivity index (χ3n) is 3.27. The zero-order chi connectivity index (χ0) is 15.4. The number of rotatable bonds is 5. The third kappa shape index (κ3) is 3.78. The van der Waals surface area contributed by atoms with Gasteiger partial charge in [0.05, 0.1) is 11.4 Å². The molecule has 0 saturated heterocycles. The lowest BCUT2D eigenvalue weighted by molar-refractivity contribution is -0.115. The highest BCUT2D eigenvalue weighted by Crippen LogP contribution is 2.17. The summed E-state index contributed by atoms with van der Waals surface area (Å²) in [6.07, 6.45) is 0. The molecule has 0 fully saturated rings. The second-order valence-corrected chi connectivity index (χ2v) is 6.58. The van der Waals surface area contributed by atoms with Crippen molar-refractivity contribution >= 4 is 22.4 Å². The largest absolute Gasteiger partial charge is 0.361 e. The molecule has 1 aromatic heterocycles. The van der Waals surface area contributed by atoms with Crippen LogP contribution in [0.25, 0.3) is 0 Å². The molecule has 21 heavy (non-hydrogen) atoms. The summed E-state index contributed by atoms with van der Waals surface area (Å²) in [6, 6.07) is 9.13. The molecule has 0 saturated carbocycles. The molecule has 6 heteroatoms. The molecule has 0 unspecified atom stereocenters. The maximum absolute atomic E-state index is 12.3. The van der Waals surface area contributed by atoms with Crippen LogP contribution in [0.2, 0.25) is 0 Å². The van der Waals surface area contributed by atoms with Crippen LogP contribution in [0.15, 0.2) is 34.9 Å². The van der Waals surface area contributed by atoms with E-state index < -0.39 is 16.0 Å². The summed E-state index contributed by atoms with van der Waals surface area (Å²) in [7, 11) is -1.33. The minimum atomic E-state index is -1.33. The van der Waals surface area contributed by atoms with Crippen LogP contribution in [0.4, 0.5) is 5.69 Å². The Balaban J connectivity index is 2.01. The molecule has 0 aliphatic carbocycles. The summed E-state index contributed by atoms with van der Waals surface area (Å²) >= 11 is 0. The van der Waals surface area contributed by atoms with Crippen LogP contribution in [0, 0.1) is 13.8 Å². The first-order valence-corrected chi connectivity index (χ1v) is 8.02. The molecule has 112 valence electrons. The fraction of sp³-hybridized carbons (Fsp3) is 0.333. The summed E-state index contributed by atoms with van der Waals surface area (Å²) in [5.41, 5.74) is 2.23. The number of hydrogen-bond donors (Lipinski definition) is 1. The predicted molar refractivity (Wildman–Crippen MR) is 82.4 cm³/mol. The number of para-hydroxylation sites is 1. The van der Waals surface area contributed by atoms with E-state index in [1.54, 1.807) is 32.9 Å². The molecular formula is C15H18N2O3S. The van der Waals surface area contributed by atoms with E-state index in [-0.39, 0.29) is 11.7 Å². The average Bonchev–Trinajstić information content (AvgIpc) is 2.79. The van der Waals surface area contributed by atoms with E-state index in [1.165, 1.54) is 0 Å². The van der Waals surface area contributed by atoms with Crippen LogP contribution in [0.1, 0.15) is 23.9 Å². The molecule has 1 N–H and O–H groups in total. The van der Waals surface area contributed by atoms with Crippen molar-refractivity contribution in [2.75, 3.05) is 5.32 Å². The number of carbonyl (C=O) groups excluding carboxylic acids is 1. The molecule has 1 heterocycles. The van der Waals surface area contributed by atoms with E-state index in [2.05, 4.69) is 10.5 Å². The normalized spacial score (nSPS) is 13.7. The van der Waals surface area contributed by atoms with Crippen LogP contribution >= 0.6 is 0 Å². The molecule has 1 amide bonds. The molecule has 0 bridgehead atoms. The Hall–Kier alpha value is -1.95. The first kappa shape index (κ1) is 15.4.